The maximum Gasteiger partial charge on any atom is 0.159 e. The van der Waals surface area contributed by atoms with Gasteiger partial charge in [0.1, 0.15) is 0 Å². The molecule has 0 atom stereocenters. The van der Waals surface area contributed by atoms with Gasteiger partial charge in [-0.15, -0.1) is 11.8 Å². The molecule has 0 saturated carbocycles. The number of carbonyl (C=O) groups excluding carboxylic acids is 1. The van der Waals surface area contributed by atoms with Crippen LogP contribution in [-0.4, -0.2) is 21.3 Å². The third kappa shape index (κ3) is 3.46. The fourth-order valence-corrected chi connectivity index (χ4v) is 2.39. The van der Waals surface area contributed by atoms with Crippen molar-refractivity contribution in [2.75, 3.05) is 5.75 Å². The number of ketones is 1. The number of hydrogen-bond donors (Lipinski definition) is 0. The van der Waals surface area contributed by atoms with Gasteiger partial charge >= 0.3 is 0 Å². The molecule has 2 aromatic rings. The van der Waals surface area contributed by atoms with Crippen molar-refractivity contribution in [2.45, 2.75) is 18.4 Å². The number of thioether (sulfide) groups is 1. The summed E-state index contributed by atoms with van der Waals surface area (Å²) in [4.78, 5) is 12.4. The van der Waals surface area contributed by atoms with Crippen molar-refractivity contribution in [3.63, 3.8) is 0 Å². The van der Waals surface area contributed by atoms with Gasteiger partial charge in [0.05, 0.1) is 6.54 Å². The fourth-order valence-electron chi connectivity index (χ4n) is 1.49. The Morgan fingerprint density at radius 3 is 3.00 bits per heavy atom. The highest BCUT2D eigenvalue weighted by Crippen LogP contribution is 2.19. The van der Waals surface area contributed by atoms with Crippen molar-refractivity contribution in [3.05, 3.63) is 48.3 Å². The lowest BCUT2D eigenvalue weighted by Gasteiger charge is -2.03. The molecule has 1 heterocycles. The summed E-state index contributed by atoms with van der Waals surface area (Å²) in [5.41, 5.74) is 0.772. The standard InChI is InChI=1S/C13H14N2OS/c1-11(16)12-4-2-5-13(10-12)17-9-8-15-7-3-6-14-15/h2-7,10H,8-9H2,1H3. The SMILES string of the molecule is CC(=O)c1cccc(SCCn2cccn2)c1. The number of carbonyl (C=O) groups is 1. The minimum Gasteiger partial charge on any atom is -0.295 e. The number of benzene rings is 1. The van der Waals surface area contributed by atoms with Crippen LogP contribution in [0.3, 0.4) is 0 Å². The van der Waals surface area contributed by atoms with Crippen LogP contribution < -0.4 is 0 Å². The van der Waals surface area contributed by atoms with Crippen molar-refractivity contribution in [2.24, 2.45) is 0 Å². The Bertz CT molecular complexity index is 494. The van der Waals surface area contributed by atoms with Crippen molar-refractivity contribution in [3.8, 4) is 0 Å². The van der Waals surface area contributed by atoms with E-state index in [9.17, 15) is 4.79 Å². The van der Waals surface area contributed by atoms with Gasteiger partial charge in [-0.1, -0.05) is 12.1 Å². The molecule has 1 aromatic carbocycles. The first-order valence-corrected chi connectivity index (χ1v) is 6.45. The maximum atomic E-state index is 11.2. The van der Waals surface area contributed by atoms with Crippen LogP contribution in [0.2, 0.25) is 0 Å². The average Bonchev–Trinajstić information content (AvgIpc) is 2.82. The number of nitrogens with zero attached hydrogens (tertiary/aromatic N) is 2. The van der Waals surface area contributed by atoms with Gasteiger partial charge in [0, 0.05) is 28.6 Å². The minimum absolute atomic E-state index is 0.111. The molecule has 3 nitrogen and oxygen atoms in total. The average molecular weight is 246 g/mol. The molecule has 1 aromatic heterocycles. The van der Waals surface area contributed by atoms with Gasteiger partial charge in [0.2, 0.25) is 0 Å². The molecule has 0 spiro atoms. The predicted octanol–water partition coefficient (Wildman–Crippen LogP) is 2.88. The van der Waals surface area contributed by atoms with Crippen LogP contribution in [-0.2, 0) is 6.54 Å². The number of rotatable bonds is 5. The number of hydrogen-bond acceptors (Lipinski definition) is 3. The van der Waals surface area contributed by atoms with E-state index in [-0.39, 0.29) is 5.78 Å². The van der Waals surface area contributed by atoms with E-state index in [1.165, 1.54) is 0 Å². The maximum absolute atomic E-state index is 11.2. The van der Waals surface area contributed by atoms with E-state index >= 15 is 0 Å². The molecule has 0 aliphatic rings. The summed E-state index contributed by atoms with van der Waals surface area (Å²) in [6, 6.07) is 9.66. The van der Waals surface area contributed by atoms with E-state index in [4.69, 9.17) is 0 Å². The topological polar surface area (TPSA) is 34.9 Å². The lowest BCUT2D eigenvalue weighted by molar-refractivity contribution is 0.101. The van der Waals surface area contributed by atoms with Gasteiger partial charge in [-0.2, -0.15) is 5.10 Å². The van der Waals surface area contributed by atoms with Gasteiger partial charge in [-0.25, -0.2) is 0 Å². The molecule has 0 amide bonds. The molecule has 0 radical (unpaired) electrons. The summed E-state index contributed by atoms with van der Waals surface area (Å²) in [5.74, 6) is 1.06. The van der Waals surface area contributed by atoms with E-state index in [0.717, 1.165) is 22.8 Å². The molecule has 17 heavy (non-hydrogen) atoms. The molecule has 4 heteroatoms. The second-order valence-corrected chi connectivity index (χ2v) is 4.87. The van der Waals surface area contributed by atoms with Gasteiger partial charge in [-0.05, 0) is 25.1 Å². The molecule has 0 bridgehead atoms. The Labute approximate surface area is 105 Å². The summed E-state index contributed by atoms with van der Waals surface area (Å²) < 4.78 is 1.90. The number of aryl methyl sites for hydroxylation is 1. The first-order chi connectivity index (χ1) is 8.25. The Kier molecular flexibility index (Phi) is 3.98. The van der Waals surface area contributed by atoms with E-state index in [1.807, 2.05) is 41.2 Å². The number of Topliss-reactive ketones (excluding diaryl/α,β-unsaturated/α-hetero) is 1. The van der Waals surface area contributed by atoms with Crippen LogP contribution in [0, 0.1) is 0 Å². The summed E-state index contributed by atoms with van der Waals surface area (Å²) in [7, 11) is 0. The summed E-state index contributed by atoms with van der Waals surface area (Å²) in [6.07, 6.45) is 3.73. The summed E-state index contributed by atoms with van der Waals surface area (Å²) in [5, 5.41) is 4.14. The first kappa shape index (κ1) is 11.9. The van der Waals surface area contributed by atoms with Crippen molar-refractivity contribution in [1.29, 1.82) is 0 Å². The predicted molar refractivity (Wildman–Crippen MR) is 69.4 cm³/mol. The van der Waals surface area contributed by atoms with E-state index in [2.05, 4.69) is 5.10 Å². The van der Waals surface area contributed by atoms with Crippen LogP contribution in [0.5, 0.6) is 0 Å². The molecule has 2 rings (SSSR count). The molecule has 0 fully saturated rings. The molecule has 0 N–H and O–H groups in total. The Morgan fingerprint density at radius 1 is 1.41 bits per heavy atom. The second-order valence-electron chi connectivity index (χ2n) is 3.70. The van der Waals surface area contributed by atoms with Crippen molar-refractivity contribution in [1.82, 2.24) is 9.78 Å². The fraction of sp³-hybridized carbons (Fsp3) is 0.231. The molecule has 0 aliphatic carbocycles. The van der Waals surface area contributed by atoms with Crippen LogP contribution in [0.1, 0.15) is 17.3 Å². The first-order valence-electron chi connectivity index (χ1n) is 5.47. The zero-order valence-electron chi connectivity index (χ0n) is 9.67. The monoisotopic (exact) mass is 246 g/mol. The van der Waals surface area contributed by atoms with Crippen LogP contribution in [0.15, 0.2) is 47.6 Å². The van der Waals surface area contributed by atoms with Gasteiger partial charge in [0.25, 0.3) is 0 Å². The van der Waals surface area contributed by atoms with Gasteiger partial charge in [-0.3, -0.25) is 9.48 Å². The van der Waals surface area contributed by atoms with E-state index in [0.29, 0.717) is 0 Å². The zero-order chi connectivity index (χ0) is 12.1. The highest BCUT2D eigenvalue weighted by Gasteiger charge is 2.01. The second kappa shape index (κ2) is 5.68. The van der Waals surface area contributed by atoms with Crippen LogP contribution in [0.25, 0.3) is 0 Å². The van der Waals surface area contributed by atoms with Crippen LogP contribution >= 0.6 is 11.8 Å². The zero-order valence-corrected chi connectivity index (χ0v) is 10.5. The minimum atomic E-state index is 0.111. The third-order valence-corrected chi connectivity index (χ3v) is 3.36. The smallest absolute Gasteiger partial charge is 0.159 e. The quantitative estimate of drug-likeness (QED) is 0.601. The highest BCUT2D eigenvalue weighted by molar-refractivity contribution is 7.99. The highest BCUT2D eigenvalue weighted by atomic mass is 32.2. The Hall–Kier alpha value is -1.55. The molecule has 0 aliphatic heterocycles. The molecule has 0 unspecified atom stereocenters. The Balaban J connectivity index is 1.90. The third-order valence-electron chi connectivity index (χ3n) is 2.39. The van der Waals surface area contributed by atoms with Crippen molar-refractivity contribution >= 4 is 17.5 Å². The Morgan fingerprint density at radius 2 is 2.29 bits per heavy atom. The molecule has 0 saturated heterocycles. The largest absolute Gasteiger partial charge is 0.295 e. The molecular weight excluding hydrogens is 232 g/mol. The molecular formula is C13H14N2OS. The normalized spacial score (nSPS) is 10.4. The summed E-state index contributed by atoms with van der Waals surface area (Å²) >= 11 is 1.74. The van der Waals surface area contributed by atoms with Crippen molar-refractivity contribution < 1.29 is 4.79 Å². The summed E-state index contributed by atoms with van der Waals surface area (Å²) in [6.45, 7) is 2.47. The van der Waals surface area contributed by atoms with E-state index in [1.54, 1.807) is 24.9 Å². The lowest BCUT2D eigenvalue weighted by Crippen LogP contribution is -2.00. The van der Waals surface area contributed by atoms with Gasteiger partial charge in [0.15, 0.2) is 5.78 Å². The molecule has 88 valence electrons. The van der Waals surface area contributed by atoms with Crippen LogP contribution in [0.4, 0.5) is 0 Å². The lowest BCUT2D eigenvalue weighted by atomic mass is 10.2. The van der Waals surface area contributed by atoms with Gasteiger partial charge < -0.3 is 0 Å². The van der Waals surface area contributed by atoms with E-state index < -0.39 is 0 Å². The number of aromatic nitrogens is 2.